The third kappa shape index (κ3) is 3.62. The Morgan fingerprint density at radius 3 is 2.48 bits per heavy atom. The molecule has 0 unspecified atom stereocenters. The van der Waals surface area contributed by atoms with E-state index in [-0.39, 0.29) is 6.04 Å². The van der Waals surface area contributed by atoms with Gasteiger partial charge in [-0.1, -0.05) is 12.8 Å². The first-order valence-electron chi connectivity index (χ1n) is 9.00. The minimum atomic E-state index is -0.480. The molecule has 0 saturated heterocycles. The van der Waals surface area contributed by atoms with Gasteiger partial charge < -0.3 is 5.73 Å². The van der Waals surface area contributed by atoms with Gasteiger partial charge in [0.2, 0.25) is 0 Å². The number of carbonyl (C=O) groups is 1. The van der Waals surface area contributed by atoms with Gasteiger partial charge in [0.1, 0.15) is 0 Å². The lowest BCUT2D eigenvalue weighted by atomic mass is 10.1. The summed E-state index contributed by atoms with van der Waals surface area (Å²) >= 11 is 0. The number of amides is 2. The molecule has 0 atom stereocenters. The third-order valence-corrected chi connectivity index (χ3v) is 4.83. The molecule has 1 aliphatic carbocycles. The Morgan fingerprint density at radius 2 is 1.81 bits per heavy atom. The number of hydrogen-bond acceptors (Lipinski definition) is 5. The largest absolute Gasteiger partial charge is 0.351 e. The molecule has 27 heavy (non-hydrogen) atoms. The Morgan fingerprint density at radius 1 is 0.963 bits per heavy atom. The van der Waals surface area contributed by atoms with E-state index < -0.39 is 6.03 Å². The number of anilines is 1. The van der Waals surface area contributed by atoms with Crippen LogP contribution in [0.2, 0.25) is 0 Å². The van der Waals surface area contributed by atoms with Crippen molar-refractivity contribution in [3.63, 3.8) is 0 Å². The van der Waals surface area contributed by atoms with Gasteiger partial charge in [0.15, 0.2) is 5.82 Å². The van der Waals surface area contributed by atoms with Gasteiger partial charge >= 0.3 is 6.03 Å². The second-order valence-corrected chi connectivity index (χ2v) is 6.58. The number of pyridine rings is 2. The number of aromatic nitrogens is 4. The van der Waals surface area contributed by atoms with Gasteiger partial charge in [-0.05, 0) is 37.1 Å². The fraction of sp³-hybridized carbons (Fsp3) is 0.250. The van der Waals surface area contributed by atoms with Crippen LogP contribution in [0.3, 0.4) is 0 Å². The minimum absolute atomic E-state index is 0.112. The lowest BCUT2D eigenvalue weighted by Crippen LogP contribution is -2.43. The summed E-state index contributed by atoms with van der Waals surface area (Å²) in [6.07, 6.45) is 12.6. The van der Waals surface area contributed by atoms with Crippen molar-refractivity contribution in [2.24, 2.45) is 5.73 Å². The van der Waals surface area contributed by atoms with Gasteiger partial charge in [0.05, 0.1) is 23.8 Å². The lowest BCUT2D eigenvalue weighted by Gasteiger charge is -2.25. The summed E-state index contributed by atoms with van der Waals surface area (Å²) in [6, 6.07) is 7.29. The van der Waals surface area contributed by atoms with E-state index in [1.807, 2.05) is 24.3 Å². The van der Waals surface area contributed by atoms with Crippen LogP contribution in [-0.4, -0.2) is 32.0 Å². The zero-order valence-electron chi connectivity index (χ0n) is 14.8. The highest BCUT2D eigenvalue weighted by atomic mass is 16.2. The van der Waals surface area contributed by atoms with E-state index in [0.29, 0.717) is 11.5 Å². The maximum Gasteiger partial charge on any atom is 0.320 e. The van der Waals surface area contributed by atoms with Gasteiger partial charge in [0.25, 0.3) is 0 Å². The molecule has 0 bridgehead atoms. The molecule has 4 rings (SSSR count). The Bertz CT molecular complexity index is 923. The monoisotopic (exact) mass is 360 g/mol. The molecule has 2 N–H and O–H groups in total. The predicted molar refractivity (Wildman–Crippen MR) is 103 cm³/mol. The Hall–Kier alpha value is -3.35. The first-order valence-corrected chi connectivity index (χ1v) is 9.00. The third-order valence-electron chi connectivity index (χ3n) is 4.83. The topological polar surface area (TPSA) is 97.9 Å². The lowest BCUT2D eigenvalue weighted by molar-refractivity contribution is 0.251. The van der Waals surface area contributed by atoms with Crippen LogP contribution in [0.5, 0.6) is 0 Å². The molecule has 1 saturated carbocycles. The highest BCUT2D eigenvalue weighted by Crippen LogP contribution is 2.28. The van der Waals surface area contributed by atoms with Crippen molar-refractivity contribution >= 4 is 11.8 Å². The van der Waals surface area contributed by atoms with Crippen LogP contribution in [0.15, 0.2) is 55.2 Å². The second kappa shape index (κ2) is 7.49. The summed E-state index contributed by atoms with van der Waals surface area (Å²) in [4.78, 5) is 31.0. The summed E-state index contributed by atoms with van der Waals surface area (Å²) in [5.74, 6) is 0.500. The number of hydrogen-bond donors (Lipinski definition) is 1. The number of nitrogens with zero attached hydrogens (tertiary/aromatic N) is 5. The van der Waals surface area contributed by atoms with Crippen molar-refractivity contribution in [3.05, 3.63) is 55.2 Å². The van der Waals surface area contributed by atoms with E-state index in [9.17, 15) is 4.79 Å². The maximum atomic E-state index is 11.9. The Labute approximate surface area is 157 Å². The summed E-state index contributed by atoms with van der Waals surface area (Å²) in [5, 5.41) is 0. The average Bonchev–Trinajstić information content (AvgIpc) is 3.23. The molecule has 3 aromatic heterocycles. The van der Waals surface area contributed by atoms with Crippen molar-refractivity contribution in [1.82, 2.24) is 19.9 Å². The van der Waals surface area contributed by atoms with Crippen molar-refractivity contribution in [2.45, 2.75) is 31.7 Å². The molecular weight excluding hydrogens is 340 g/mol. The molecule has 3 heterocycles. The number of urea groups is 1. The molecule has 136 valence electrons. The molecule has 0 radical (unpaired) electrons. The molecule has 1 aliphatic rings. The van der Waals surface area contributed by atoms with Gasteiger partial charge in [-0.15, -0.1) is 0 Å². The van der Waals surface area contributed by atoms with Gasteiger partial charge in [-0.3, -0.25) is 19.9 Å². The van der Waals surface area contributed by atoms with E-state index in [1.165, 1.54) is 0 Å². The SMILES string of the molecule is NC(=O)N(c1cnc(-c2ccnc(-c3cccnc3)c2)cn1)C1CCCC1. The normalized spacial score (nSPS) is 14.2. The van der Waals surface area contributed by atoms with Crippen molar-refractivity contribution in [3.8, 4) is 22.5 Å². The van der Waals surface area contributed by atoms with Crippen LogP contribution < -0.4 is 10.6 Å². The molecule has 1 fully saturated rings. The second-order valence-electron chi connectivity index (χ2n) is 6.58. The van der Waals surface area contributed by atoms with Crippen LogP contribution in [0.25, 0.3) is 22.5 Å². The summed E-state index contributed by atoms with van der Waals surface area (Å²) in [5.41, 5.74) is 8.95. The van der Waals surface area contributed by atoms with E-state index in [1.54, 1.807) is 35.9 Å². The van der Waals surface area contributed by atoms with E-state index in [4.69, 9.17) is 5.73 Å². The fourth-order valence-electron chi connectivity index (χ4n) is 3.50. The Balaban J connectivity index is 1.61. The average molecular weight is 360 g/mol. The van der Waals surface area contributed by atoms with Crippen molar-refractivity contribution in [1.29, 1.82) is 0 Å². The highest BCUT2D eigenvalue weighted by Gasteiger charge is 2.27. The fourth-order valence-corrected chi connectivity index (χ4v) is 3.50. The summed E-state index contributed by atoms with van der Waals surface area (Å²) in [6.45, 7) is 0. The first-order chi connectivity index (χ1) is 13.2. The smallest absolute Gasteiger partial charge is 0.320 e. The molecule has 7 heteroatoms. The molecule has 3 aromatic rings. The van der Waals surface area contributed by atoms with Gasteiger partial charge in [-0.2, -0.15) is 0 Å². The maximum absolute atomic E-state index is 11.9. The molecule has 0 aliphatic heterocycles. The molecule has 2 amide bonds. The first kappa shape index (κ1) is 17.1. The van der Waals surface area contributed by atoms with Crippen LogP contribution in [0.4, 0.5) is 10.6 Å². The van der Waals surface area contributed by atoms with Crippen molar-refractivity contribution in [2.75, 3.05) is 4.90 Å². The van der Waals surface area contributed by atoms with E-state index >= 15 is 0 Å². The standard InChI is InChI=1S/C20H20N6O/c21-20(27)26(16-5-1-2-6-16)19-13-24-18(12-25-19)14-7-9-23-17(10-14)15-4-3-8-22-11-15/h3-4,7-13,16H,1-2,5-6H2,(H2,21,27). The van der Waals surface area contributed by atoms with Crippen LogP contribution >= 0.6 is 0 Å². The summed E-state index contributed by atoms with van der Waals surface area (Å²) < 4.78 is 0. The van der Waals surface area contributed by atoms with E-state index in [0.717, 1.165) is 42.5 Å². The van der Waals surface area contributed by atoms with E-state index in [2.05, 4.69) is 19.9 Å². The zero-order chi connectivity index (χ0) is 18.6. The number of primary amides is 1. The number of rotatable bonds is 4. The highest BCUT2D eigenvalue weighted by molar-refractivity contribution is 5.90. The minimum Gasteiger partial charge on any atom is -0.351 e. The quantitative estimate of drug-likeness (QED) is 0.768. The molecule has 7 nitrogen and oxygen atoms in total. The molecular formula is C20H20N6O. The Kier molecular flexibility index (Phi) is 4.74. The van der Waals surface area contributed by atoms with Gasteiger partial charge in [0, 0.05) is 35.8 Å². The number of nitrogens with two attached hydrogens (primary N) is 1. The molecule has 0 spiro atoms. The predicted octanol–water partition coefficient (Wildman–Crippen LogP) is 3.43. The summed E-state index contributed by atoms with van der Waals surface area (Å²) in [7, 11) is 0. The van der Waals surface area contributed by atoms with Gasteiger partial charge in [-0.25, -0.2) is 9.78 Å². The molecule has 0 aromatic carbocycles. The van der Waals surface area contributed by atoms with Crippen molar-refractivity contribution < 1.29 is 4.79 Å². The zero-order valence-corrected chi connectivity index (χ0v) is 14.8. The van der Waals surface area contributed by atoms with Crippen LogP contribution in [0.1, 0.15) is 25.7 Å². The van der Waals surface area contributed by atoms with Crippen LogP contribution in [-0.2, 0) is 0 Å². The van der Waals surface area contributed by atoms with Crippen LogP contribution in [0, 0.1) is 0 Å². The number of carbonyl (C=O) groups excluding carboxylic acids is 1.